The topological polar surface area (TPSA) is 8.17 Å². The van der Waals surface area contributed by atoms with Crippen molar-refractivity contribution in [1.29, 1.82) is 0 Å². The van der Waals surface area contributed by atoms with Crippen LogP contribution in [0.3, 0.4) is 0 Å². The van der Waals surface area contributed by atoms with Crippen molar-refractivity contribution < 1.29 is 8.78 Å². The van der Waals surface area contributed by atoms with Gasteiger partial charge in [0.25, 0.3) is 0 Å². The van der Waals surface area contributed by atoms with Crippen LogP contribution in [0.1, 0.15) is 23.7 Å². The van der Waals surface area contributed by atoms with E-state index in [4.69, 9.17) is 11.6 Å². The number of fused-ring (bicyclic) bond motifs is 3. The molecule has 0 saturated carbocycles. The number of halogens is 3. The van der Waals surface area contributed by atoms with Gasteiger partial charge in [-0.15, -0.1) is 0 Å². The minimum atomic E-state index is -0.569. The molecule has 0 fully saturated rings. The number of likely N-dealkylation sites (N-methyl/N-ethyl adjacent to an activating group) is 1. The molecule has 1 aromatic heterocycles. The molecule has 4 rings (SSSR count). The first-order valence-electron chi connectivity index (χ1n) is 8.57. The molecule has 1 aliphatic heterocycles. The zero-order valence-corrected chi connectivity index (χ0v) is 15.4. The molecule has 0 saturated heterocycles. The Morgan fingerprint density at radius 1 is 1.12 bits per heavy atom. The molecule has 0 radical (unpaired) electrons. The Bertz CT molecular complexity index is 1020. The number of nitrogens with zero attached hydrogens (tertiary/aromatic N) is 2. The second-order valence-electron chi connectivity index (χ2n) is 6.91. The molecular weight excluding hydrogens is 354 g/mol. The van der Waals surface area contributed by atoms with E-state index in [2.05, 4.69) is 16.5 Å². The van der Waals surface area contributed by atoms with Crippen LogP contribution in [0.2, 0.25) is 5.02 Å². The Morgan fingerprint density at radius 2 is 1.85 bits per heavy atom. The zero-order valence-electron chi connectivity index (χ0n) is 14.7. The summed E-state index contributed by atoms with van der Waals surface area (Å²) in [7, 11) is 2.10. The molecule has 0 bridgehead atoms. The number of rotatable bonds is 2. The smallest absolute Gasteiger partial charge is 0.126 e. The van der Waals surface area contributed by atoms with E-state index in [9.17, 15) is 8.78 Å². The number of allylic oxidation sites excluding steroid dienone is 1. The second kappa shape index (κ2) is 6.53. The monoisotopic (exact) mass is 372 g/mol. The highest BCUT2D eigenvalue weighted by Crippen LogP contribution is 2.33. The van der Waals surface area contributed by atoms with Crippen LogP contribution in [0.5, 0.6) is 0 Å². The molecule has 0 N–H and O–H groups in total. The normalized spacial score (nSPS) is 15.5. The van der Waals surface area contributed by atoms with Gasteiger partial charge in [0.15, 0.2) is 0 Å². The molecule has 0 spiro atoms. The number of hydrogen-bond donors (Lipinski definition) is 0. The van der Waals surface area contributed by atoms with Crippen molar-refractivity contribution in [3.63, 3.8) is 0 Å². The molecule has 2 aromatic carbocycles. The summed E-state index contributed by atoms with van der Waals surface area (Å²) in [4.78, 5) is 2.28. The van der Waals surface area contributed by atoms with Crippen LogP contribution in [-0.2, 0) is 13.0 Å². The summed E-state index contributed by atoms with van der Waals surface area (Å²) in [6.07, 6.45) is 2.88. The van der Waals surface area contributed by atoms with E-state index in [0.717, 1.165) is 42.1 Å². The third-order valence-electron chi connectivity index (χ3n) is 4.98. The minimum Gasteiger partial charge on any atom is -0.320 e. The highest BCUT2D eigenvalue weighted by molar-refractivity contribution is 6.31. The van der Waals surface area contributed by atoms with Crippen molar-refractivity contribution in [1.82, 2.24) is 9.47 Å². The molecule has 3 aromatic rings. The fourth-order valence-electron chi connectivity index (χ4n) is 3.70. The Balaban J connectivity index is 1.91. The van der Waals surface area contributed by atoms with E-state index in [1.54, 1.807) is 0 Å². The molecule has 26 heavy (non-hydrogen) atoms. The standard InChI is InChI=1S/C21H19ClF2N2/c1-13(14-7-16(23)10-17(24)8-14)11-26-20-4-3-15(22)9-18(20)19-12-25(2)6-5-21(19)26/h3-4,7-11H,5-6,12H2,1-2H3. The van der Waals surface area contributed by atoms with Gasteiger partial charge in [-0.2, -0.15) is 0 Å². The van der Waals surface area contributed by atoms with Gasteiger partial charge in [0.2, 0.25) is 0 Å². The molecule has 2 nitrogen and oxygen atoms in total. The highest BCUT2D eigenvalue weighted by atomic mass is 35.5. The number of benzene rings is 2. The number of hydrogen-bond acceptors (Lipinski definition) is 1. The van der Waals surface area contributed by atoms with Crippen LogP contribution in [0.4, 0.5) is 8.78 Å². The maximum absolute atomic E-state index is 13.6. The Kier molecular flexibility index (Phi) is 4.33. The molecule has 0 atom stereocenters. The third-order valence-corrected chi connectivity index (χ3v) is 5.22. The van der Waals surface area contributed by atoms with Crippen LogP contribution in [0.25, 0.3) is 22.7 Å². The fraction of sp³-hybridized carbons (Fsp3) is 0.238. The summed E-state index contributed by atoms with van der Waals surface area (Å²) in [6, 6.07) is 9.49. The largest absolute Gasteiger partial charge is 0.320 e. The van der Waals surface area contributed by atoms with Crippen LogP contribution in [0.15, 0.2) is 36.4 Å². The lowest BCUT2D eigenvalue weighted by Crippen LogP contribution is -2.26. The van der Waals surface area contributed by atoms with Crippen LogP contribution < -0.4 is 0 Å². The van der Waals surface area contributed by atoms with Crippen LogP contribution in [0, 0.1) is 11.6 Å². The van der Waals surface area contributed by atoms with Crippen molar-refractivity contribution in [2.24, 2.45) is 0 Å². The fourth-order valence-corrected chi connectivity index (χ4v) is 3.87. The van der Waals surface area contributed by atoms with Gasteiger partial charge in [0, 0.05) is 47.9 Å². The molecule has 0 aliphatic carbocycles. The summed E-state index contributed by atoms with van der Waals surface area (Å²) < 4.78 is 29.3. The second-order valence-corrected chi connectivity index (χ2v) is 7.35. The molecular formula is C21H19ClF2N2. The quantitative estimate of drug-likeness (QED) is 0.570. The average molecular weight is 373 g/mol. The SMILES string of the molecule is CC(=Cn1c2c(c3cc(Cl)ccc31)CN(C)CC2)c1cc(F)cc(F)c1. The molecule has 0 amide bonds. The summed E-state index contributed by atoms with van der Waals surface area (Å²) in [6.45, 7) is 3.70. The van der Waals surface area contributed by atoms with E-state index in [0.29, 0.717) is 10.6 Å². The highest BCUT2D eigenvalue weighted by Gasteiger charge is 2.22. The van der Waals surface area contributed by atoms with Crippen LogP contribution in [-0.4, -0.2) is 23.1 Å². The van der Waals surface area contributed by atoms with E-state index >= 15 is 0 Å². The molecule has 134 valence electrons. The molecule has 1 aliphatic rings. The van der Waals surface area contributed by atoms with Crippen molar-refractivity contribution in [2.45, 2.75) is 19.9 Å². The molecule has 0 unspecified atom stereocenters. The van der Waals surface area contributed by atoms with Gasteiger partial charge in [-0.1, -0.05) is 11.6 Å². The maximum Gasteiger partial charge on any atom is 0.126 e. The first kappa shape index (κ1) is 17.3. The van der Waals surface area contributed by atoms with Crippen molar-refractivity contribution in [3.8, 4) is 0 Å². The van der Waals surface area contributed by atoms with E-state index < -0.39 is 11.6 Å². The lowest BCUT2D eigenvalue weighted by atomic mass is 10.0. The van der Waals surface area contributed by atoms with Gasteiger partial charge >= 0.3 is 0 Å². The predicted molar refractivity (Wildman–Crippen MR) is 103 cm³/mol. The van der Waals surface area contributed by atoms with Gasteiger partial charge in [0.1, 0.15) is 11.6 Å². The molecule has 5 heteroatoms. The van der Waals surface area contributed by atoms with Crippen LogP contribution >= 0.6 is 11.6 Å². The van der Waals surface area contributed by atoms with Gasteiger partial charge in [0.05, 0.1) is 5.52 Å². The number of aromatic nitrogens is 1. The van der Waals surface area contributed by atoms with Crippen molar-refractivity contribution in [3.05, 3.63) is 69.9 Å². The van der Waals surface area contributed by atoms with Crippen molar-refractivity contribution >= 4 is 34.3 Å². The Labute approximate surface area is 156 Å². The van der Waals surface area contributed by atoms with Gasteiger partial charge in [-0.05, 0) is 61.0 Å². The minimum absolute atomic E-state index is 0.542. The first-order valence-corrected chi connectivity index (χ1v) is 8.95. The van der Waals surface area contributed by atoms with E-state index in [1.165, 1.54) is 23.4 Å². The predicted octanol–water partition coefficient (Wildman–Crippen LogP) is 5.58. The maximum atomic E-state index is 13.6. The van der Waals surface area contributed by atoms with Crippen molar-refractivity contribution in [2.75, 3.05) is 13.6 Å². The van der Waals surface area contributed by atoms with E-state index in [1.807, 2.05) is 31.3 Å². The Morgan fingerprint density at radius 3 is 2.58 bits per heavy atom. The lowest BCUT2D eigenvalue weighted by Gasteiger charge is -2.23. The summed E-state index contributed by atoms with van der Waals surface area (Å²) in [5.74, 6) is -1.14. The molecule has 2 heterocycles. The lowest BCUT2D eigenvalue weighted by molar-refractivity contribution is 0.312. The Hall–Kier alpha value is -2.17. The zero-order chi connectivity index (χ0) is 18.4. The van der Waals surface area contributed by atoms with Gasteiger partial charge in [-0.3, -0.25) is 0 Å². The van der Waals surface area contributed by atoms with E-state index in [-0.39, 0.29) is 0 Å². The summed E-state index contributed by atoms with van der Waals surface area (Å²) >= 11 is 6.22. The third kappa shape index (κ3) is 3.04. The first-order chi connectivity index (χ1) is 12.4. The van der Waals surface area contributed by atoms with Gasteiger partial charge < -0.3 is 9.47 Å². The van der Waals surface area contributed by atoms with Gasteiger partial charge in [-0.25, -0.2) is 8.78 Å². The summed E-state index contributed by atoms with van der Waals surface area (Å²) in [5.41, 5.74) is 4.91. The average Bonchev–Trinajstić information content (AvgIpc) is 2.86. The summed E-state index contributed by atoms with van der Waals surface area (Å²) in [5, 5.41) is 1.84.